The molecule has 85 valence electrons. The molecule has 0 fully saturated rings. The van der Waals surface area contributed by atoms with Crippen molar-refractivity contribution in [2.24, 2.45) is 0 Å². The molecule has 0 spiro atoms. The van der Waals surface area contributed by atoms with Gasteiger partial charge in [0.1, 0.15) is 12.4 Å². The van der Waals surface area contributed by atoms with Crippen molar-refractivity contribution in [3.05, 3.63) is 65.7 Å². The summed E-state index contributed by atoms with van der Waals surface area (Å²) in [5.41, 5.74) is 1.20. The van der Waals surface area contributed by atoms with Gasteiger partial charge in [-0.25, -0.2) is 4.79 Å². The summed E-state index contributed by atoms with van der Waals surface area (Å²) in [5.74, 6) is -0.247. The van der Waals surface area contributed by atoms with Gasteiger partial charge in [0, 0.05) is 6.07 Å². The molecule has 0 heterocycles. The molecule has 0 aliphatic carbocycles. The third kappa shape index (κ3) is 3.08. The van der Waals surface area contributed by atoms with Crippen molar-refractivity contribution < 1.29 is 14.6 Å². The molecule has 3 heteroatoms. The number of hydrogen-bond acceptors (Lipinski definition) is 2. The Morgan fingerprint density at radius 2 is 1.94 bits per heavy atom. The maximum absolute atomic E-state index is 10.7. The van der Waals surface area contributed by atoms with Gasteiger partial charge >= 0.3 is 5.97 Å². The average molecular weight is 227 g/mol. The van der Waals surface area contributed by atoms with Crippen LogP contribution < -0.4 is 4.74 Å². The summed E-state index contributed by atoms with van der Waals surface area (Å²) in [6.07, 6.45) is 0. The van der Waals surface area contributed by atoms with Gasteiger partial charge in [0.05, 0.1) is 5.56 Å². The summed E-state index contributed by atoms with van der Waals surface area (Å²) in [6, 6.07) is 16.9. The van der Waals surface area contributed by atoms with Crippen molar-refractivity contribution in [1.29, 1.82) is 0 Å². The summed E-state index contributed by atoms with van der Waals surface area (Å²) in [4.78, 5) is 10.7. The topological polar surface area (TPSA) is 46.5 Å². The minimum atomic E-state index is -0.922. The fourth-order valence-electron chi connectivity index (χ4n) is 1.37. The van der Waals surface area contributed by atoms with Crippen molar-refractivity contribution >= 4 is 5.97 Å². The van der Waals surface area contributed by atoms with Crippen molar-refractivity contribution in [2.45, 2.75) is 6.61 Å². The zero-order valence-electron chi connectivity index (χ0n) is 9.09. The first-order chi connectivity index (χ1) is 8.25. The van der Waals surface area contributed by atoms with Crippen LogP contribution in [0.3, 0.4) is 0 Å². The van der Waals surface area contributed by atoms with Gasteiger partial charge in [0.15, 0.2) is 0 Å². The highest BCUT2D eigenvalue weighted by Crippen LogP contribution is 2.11. The Morgan fingerprint density at radius 1 is 1.18 bits per heavy atom. The van der Waals surface area contributed by atoms with Crippen LogP contribution in [0.5, 0.6) is 5.75 Å². The summed E-state index contributed by atoms with van der Waals surface area (Å²) < 4.78 is 5.49. The van der Waals surface area contributed by atoms with Crippen LogP contribution in [0.25, 0.3) is 0 Å². The van der Waals surface area contributed by atoms with Gasteiger partial charge in [-0.3, -0.25) is 0 Å². The molecule has 0 aliphatic rings. The lowest BCUT2D eigenvalue weighted by Crippen LogP contribution is -1.98. The number of benzene rings is 2. The van der Waals surface area contributed by atoms with Crippen molar-refractivity contribution in [3.63, 3.8) is 0 Å². The number of hydrogen-bond donors (Lipinski definition) is 1. The van der Waals surface area contributed by atoms with Crippen LogP contribution in [0.4, 0.5) is 0 Å². The molecule has 0 atom stereocenters. The van der Waals surface area contributed by atoms with Crippen LogP contribution in [-0.4, -0.2) is 11.1 Å². The molecule has 2 aromatic rings. The van der Waals surface area contributed by atoms with E-state index in [-0.39, 0.29) is 5.56 Å². The molecule has 0 aliphatic heterocycles. The normalized spacial score (nSPS) is 9.88. The Kier molecular flexibility index (Phi) is 3.40. The van der Waals surface area contributed by atoms with E-state index in [1.165, 1.54) is 0 Å². The Hall–Kier alpha value is -2.29. The number of carboxylic acids is 1. The molecular formula is C14H11O3. The maximum Gasteiger partial charge on any atom is 0.335 e. The van der Waals surface area contributed by atoms with Gasteiger partial charge in [0.2, 0.25) is 0 Å². The zero-order valence-corrected chi connectivity index (χ0v) is 9.09. The van der Waals surface area contributed by atoms with Gasteiger partial charge in [-0.05, 0) is 23.8 Å². The number of para-hydroxylation sites is 1. The second kappa shape index (κ2) is 5.16. The van der Waals surface area contributed by atoms with Gasteiger partial charge in [0.25, 0.3) is 0 Å². The van der Waals surface area contributed by atoms with E-state index in [2.05, 4.69) is 6.07 Å². The SMILES string of the molecule is O=C(O)c1ccc(COc2[c]cccc2)cc1. The molecule has 0 saturated carbocycles. The van der Waals surface area contributed by atoms with Gasteiger partial charge < -0.3 is 9.84 Å². The van der Waals surface area contributed by atoms with Crippen molar-refractivity contribution in [1.82, 2.24) is 0 Å². The first-order valence-electron chi connectivity index (χ1n) is 5.17. The smallest absolute Gasteiger partial charge is 0.335 e. The Balaban J connectivity index is 1.98. The van der Waals surface area contributed by atoms with E-state index in [0.29, 0.717) is 12.4 Å². The Morgan fingerprint density at radius 3 is 2.53 bits per heavy atom. The highest BCUT2D eigenvalue weighted by Gasteiger charge is 2.01. The molecule has 0 amide bonds. The minimum Gasteiger partial charge on any atom is -0.488 e. The summed E-state index contributed by atoms with van der Waals surface area (Å²) >= 11 is 0. The van der Waals surface area contributed by atoms with Crippen molar-refractivity contribution in [3.8, 4) is 5.75 Å². The van der Waals surface area contributed by atoms with Crippen LogP contribution in [0.2, 0.25) is 0 Å². The molecule has 0 saturated heterocycles. The summed E-state index contributed by atoms with van der Waals surface area (Å²) in [5, 5.41) is 8.75. The lowest BCUT2D eigenvalue weighted by atomic mass is 10.1. The van der Waals surface area contributed by atoms with E-state index >= 15 is 0 Å². The lowest BCUT2D eigenvalue weighted by Gasteiger charge is -2.05. The number of ether oxygens (including phenoxy) is 1. The number of carbonyl (C=O) groups is 1. The van der Waals surface area contributed by atoms with Gasteiger partial charge in [-0.1, -0.05) is 30.3 Å². The first kappa shape index (κ1) is 11.2. The molecule has 1 N–H and O–H groups in total. The van der Waals surface area contributed by atoms with E-state index in [1.54, 1.807) is 30.3 Å². The molecule has 0 bridgehead atoms. The van der Waals surface area contributed by atoms with Gasteiger partial charge in [-0.2, -0.15) is 0 Å². The quantitative estimate of drug-likeness (QED) is 0.873. The molecular weight excluding hydrogens is 216 g/mol. The summed E-state index contributed by atoms with van der Waals surface area (Å²) in [6.45, 7) is 0.403. The molecule has 2 aromatic carbocycles. The fraction of sp³-hybridized carbons (Fsp3) is 0.0714. The lowest BCUT2D eigenvalue weighted by molar-refractivity contribution is 0.0697. The molecule has 1 radical (unpaired) electrons. The highest BCUT2D eigenvalue weighted by atomic mass is 16.5. The molecule has 0 unspecified atom stereocenters. The monoisotopic (exact) mass is 227 g/mol. The number of aromatic carboxylic acids is 1. The fourth-order valence-corrected chi connectivity index (χ4v) is 1.37. The zero-order chi connectivity index (χ0) is 12.1. The van der Waals surface area contributed by atoms with E-state index < -0.39 is 5.97 Å². The first-order valence-corrected chi connectivity index (χ1v) is 5.17. The largest absolute Gasteiger partial charge is 0.488 e. The summed E-state index contributed by atoms with van der Waals surface area (Å²) in [7, 11) is 0. The van der Waals surface area contributed by atoms with Gasteiger partial charge in [-0.15, -0.1) is 0 Å². The third-order valence-electron chi connectivity index (χ3n) is 2.28. The standard InChI is InChI=1S/C14H11O3/c15-14(16)12-8-6-11(7-9-12)10-17-13-4-2-1-3-5-13/h1-4,6-9H,10H2,(H,15,16). The predicted molar refractivity (Wildman–Crippen MR) is 63.0 cm³/mol. The van der Waals surface area contributed by atoms with Crippen LogP contribution in [0, 0.1) is 6.07 Å². The van der Waals surface area contributed by atoms with E-state index in [0.717, 1.165) is 5.56 Å². The predicted octanol–water partition coefficient (Wildman–Crippen LogP) is 2.76. The Bertz CT molecular complexity index is 489. The number of carboxylic acid groups (broad SMARTS) is 1. The van der Waals surface area contributed by atoms with Crippen LogP contribution in [0.15, 0.2) is 48.5 Å². The second-order valence-electron chi connectivity index (χ2n) is 3.52. The van der Waals surface area contributed by atoms with E-state index in [9.17, 15) is 4.79 Å². The molecule has 3 nitrogen and oxygen atoms in total. The van der Waals surface area contributed by atoms with Crippen LogP contribution in [0.1, 0.15) is 15.9 Å². The van der Waals surface area contributed by atoms with Crippen molar-refractivity contribution in [2.75, 3.05) is 0 Å². The second-order valence-corrected chi connectivity index (χ2v) is 3.52. The minimum absolute atomic E-state index is 0.278. The van der Waals surface area contributed by atoms with Crippen LogP contribution in [-0.2, 0) is 6.61 Å². The average Bonchev–Trinajstić information content (AvgIpc) is 2.38. The molecule has 17 heavy (non-hydrogen) atoms. The van der Waals surface area contributed by atoms with Crippen LogP contribution >= 0.6 is 0 Å². The third-order valence-corrected chi connectivity index (χ3v) is 2.28. The maximum atomic E-state index is 10.7. The molecule has 0 aromatic heterocycles. The Labute approximate surface area is 99.3 Å². The van der Waals surface area contributed by atoms with E-state index in [4.69, 9.17) is 9.84 Å². The number of rotatable bonds is 4. The highest BCUT2D eigenvalue weighted by molar-refractivity contribution is 5.87. The molecule has 2 rings (SSSR count). The van der Waals surface area contributed by atoms with E-state index in [1.807, 2.05) is 18.2 Å².